The van der Waals surface area contributed by atoms with Crippen LogP contribution in [0.25, 0.3) is 28.0 Å². The van der Waals surface area contributed by atoms with Gasteiger partial charge in [-0.3, -0.25) is 4.79 Å². The number of fused-ring (bicyclic) bond motifs is 1. The largest absolute Gasteiger partial charge is 0.466 e. The summed E-state index contributed by atoms with van der Waals surface area (Å²) >= 11 is 0. The van der Waals surface area contributed by atoms with Gasteiger partial charge in [-0.15, -0.1) is 0 Å². The number of anilines is 1. The van der Waals surface area contributed by atoms with E-state index < -0.39 is 5.97 Å². The maximum atomic E-state index is 13.3. The second kappa shape index (κ2) is 9.14. The second-order valence-electron chi connectivity index (χ2n) is 8.20. The molecule has 0 aliphatic rings. The first-order chi connectivity index (χ1) is 17.3. The smallest absolute Gasteiger partial charge is 0.358 e. The minimum atomic E-state index is -0.479. The van der Waals surface area contributed by atoms with E-state index in [1.807, 2.05) is 19.9 Å². The molecule has 0 atom stereocenters. The van der Waals surface area contributed by atoms with Crippen molar-refractivity contribution in [2.24, 2.45) is 0 Å². The quantitative estimate of drug-likeness (QED) is 0.332. The van der Waals surface area contributed by atoms with E-state index in [9.17, 15) is 9.59 Å². The molecule has 0 bridgehead atoms. The Morgan fingerprint density at radius 1 is 1.08 bits per heavy atom. The van der Waals surface area contributed by atoms with Crippen LogP contribution >= 0.6 is 0 Å². The molecule has 0 spiro atoms. The number of aryl methyl sites for hydroxylation is 3. The summed E-state index contributed by atoms with van der Waals surface area (Å²) in [7, 11) is 0. The monoisotopic (exact) mass is 485 g/mol. The molecule has 5 aromatic rings. The van der Waals surface area contributed by atoms with Crippen molar-refractivity contribution >= 4 is 28.7 Å². The number of hydrogen-bond acceptors (Lipinski definition) is 8. The third-order valence-corrected chi connectivity index (χ3v) is 5.64. The van der Waals surface area contributed by atoms with Crippen molar-refractivity contribution in [2.75, 3.05) is 11.9 Å². The molecule has 10 nitrogen and oxygen atoms in total. The van der Waals surface area contributed by atoms with Crippen molar-refractivity contribution in [3.8, 4) is 16.9 Å². The fraction of sp³-hybridized carbons (Fsp3) is 0.192. The molecule has 0 aliphatic carbocycles. The van der Waals surface area contributed by atoms with E-state index >= 15 is 0 Å². The minimum absolute atomic E-state index is 0.221. The van der Waals surface area contributed by atoms with Crippen LogP contribution in [0.5, 0.6) is 0 Å². The highest BCUT2D eigenvalue weighted by Gasteiger charge is 2.21. The van der Waals surface area contributed by atoms with Gasteiger partial charge in [-0.05, 0) is 70.2 Å². The Labute approximate surface area is 205 Å². The molecule has 4 heterocycles. The molecule has 0 saturated carbocycles. The van der Waals surface area contributed by atoms with Gasteiger partial charge in [0.25, 0.3) is 11.6 Å². The summed E-state index contributed by atoms with van der Waals surface area (Å²) in [5.41, 5.74) is 4.10. The molecule has 5 rings (SSSR count). The van der Waals surface area contributed by atoms with E-state index in [-0.39, 0.29) is 23.9 Å². The van der Waals surface area contributed by atoms with Crippen LogP contribution in [-0.4, -0.2) is 38.4 Å². The summed E-state index contributed by atoms with van der Waals surface area (Å²) in [6.07, 6.45) is 1.67. The lowest BCUT2D eigenvalue weighted by Gasteiger charge is -2.09. The van der Waals surface area contributed by atoms with Crippen LogP contribution in [-0.2, 0) is 4.74 Å². The summed E-state index contributed by atoms with van der Waals surface area (Å²) in [6.45, 7) is 7.48. The zero-order valence-corrected chi connectivity index (χ0v) is 20.2. The highest BCUT2D eigenvalue weighted by molar-refractivity contribution is 6.13. The van der Waals surface area contributed by atoms with Crippen molar-refractivity contribution in [2.45, 2.75) is 27.7 Å². The zero-order valence-electron chi connectivity index (χ0n) is 20.2. The van der Waals surface area contributed by atoms with Crippen molar-refractivity contribution in [1.29, 1.82) is 0 Å². The Hall–Kier alpha value is -4.73. The molecule has 0 unspecified atom stereocenters. The van der Waals surface area contributed by atoms with Crippen LogP contribution in [0.15, 0.2) is 57.6 Å². The maximum Gasteiger partial charge on any atom is 0.358 e. The zero-order chi connectivity index (χ0) is 25.4. The highest BCUT2D eigenvalue weighted by Crippen LogP contribution is 2.31. The average molecular weight is 486 g/mol. The van der Waals surface area contributed by atoms with E-state index in [4.69, 9.17) is 13.7 Å². The number of nitrogens with one attached hydrogen (secondary N) is 1. The fourth-order valence-electron chi connectivity index (χ4n) is 3.97. The lowest BCUT2D eigenvalue weighted by Crippen LogP contribution is -2.13. The van der Waals surface area contributed by atoms with E-state index in [2.05, 4.69) is 20.6 Å². The molecule has 182 valence electrons. The van der Waals surface area contributed by atoms with Crippen LogP contribution in [0.4, 0.5) is 5.69 Å². The van der Waals surface area contributed by atoms with Gasteiger partial charge in [-0.2, -0.15) is 5.10 Å². The molecule has 1 N–H and O–H groups in total. The Bertz CT molecular complexity index is 1590. The molecular weight excluding hydrogens is 462 g/mol. The maximum absolute atomic E-state index is 13.3. The number of aromatic nitrogens is 4. The normalized spacial score (nSPS) is 11.1. The predicted molar refractivity (Wildman–Crippen MR) is 131 cm³/mol. The summed E-state index contributed by atoms with van der Waals surface area (Å²) in [6, 6.07) is 12.2. The predicted octanol–water partition coefficient (Wildman–Crippen LogP) is 5.02. The first-order valence-electron chi connectivity index (χ1n) is 11.3. The molecule has 0 aliphatic heterocycles. The van der Waals surface area contributed by atoms with Crippen molar-refractivity contribution < 1.29 is 23.3 Å². The van der Waals surface area contributed by atoms with Gasteiger partial charge in [-0.25, -0.2) is 14.5 Å². The van der Waals surface area contributed by atoms with E-state index in [1.165, 1.54) is 0 Å². The molecule has 0 saturated heterocycles. The molecule has 1 aromatic carbocycles. The van der Waals surface area contributed by atoms with Crippen LogP contribution in [0.1, 0.15) is 45.0 Å². The second-order valence-corrected chi connectivity index (χ2v) is 8.20. The SMILES string of the molecule is CCOC(=O)c1ccn(-c2ccc(NC(=O)c3cc(-c4cc(C)oc4C)nc4onc(C)c34)cc2)n1. The van der Waals surface area contributed by atoms with Crippen molar-refractivity contribution in [3.05, 3.63) is 77.1 Å². The summed E-state index contributed by atoms with van der Waals surface area (Å²) in [5.74, 6) is 0.635. The van der Waals surface area contributed by atoms with Gasteiger partial charge in [-0.1, -0.05) is 5.16 Å². The van der Waals surface area contributed by atoms with Gasteiger partial charge in [0.15, 0.2) is 5.69 Å². The third-order valence-electron chi connectivity index (χ3n) is 5.64. The van der Waals surface area contributed by atoms with E-state index in [0.29, 0.717) is 33.8 Å². The van der Waals surface area contributed by atoms with Crippen molar-refractivity contribution in [3.63, 3.8) is 0 Å². The molecule has 4 aromatic heterocycles. The number of pyridine rings is 1. The van der Waals surface area contributed by atoms with Gasteiger partial charge >= 0.3 is 5.97 Å². The van der Waals surface area contributed by atoms with Crippen LogP contribution in [0, 0.1) is 20.8 Å². The molecule has 0 fully saturated rings. The first kappa shape index (κ1) is 23.0. The Balaban J connectivity index is 1.42. The number of carbonyl (C=O) groups is 2. The van der Waals surface area contributed by atoms with Crippen LogP contribution in [0.3, 0.4) is 0 Å². The van der Waals surface area contributed by atoms with Gasteiger partial charge in [0.05, 0.1) is 34.6 Å². The van der Waals surface area contributed by atoms with Crippen LogP contribution < -0.4 is 5.32 Å². The Kier molecular flexibility index (Phi) is 5.85. The number of benzene rings is 1. The number of esters is 1. The first-order valence-corrected chi connectivity index (χ1v) is 11.3. The number of amides is 1. The lowest BCUT2D eigenvalue weighted by molar-refractivity contribution is 0.0518. The summed E-state index contributed by atoms with van der Waals surface area (Å²) in [4.78, 5) is 29.8. The number of hydrogen-bond donors (Lipinski definition) is 1. The summed E-state index contributed by atoms with van der Waals surface area (Å²) < 4.78 is 17.6. The lowest BCUT2D eigenvalue weighted by atomic mass is 10.1. The molecule has 1 amide bonds. The third kappa shape index (κ3) is 4.24. The van der Waals surface area contributed by atoms with Crippen molar-refractivity contribution in [1.82, 2.24) is 19.9 Å². The van der Waals surface area contributed by atoms with Gasteiger partial charge in [0.1, 0.15) is 11.5 Å². The van der Waals surface area contributed by atoms with E-state index in [1.54, 1.807) is 61.1 Å². The highest BCUT2D eigenvalue weighted by atomic mass is 16.5. The Morgan fingerprint density at radius 2 is 1.86 bits per heavy atom. The van der Waals surface area contributed by atoms with Gasteiger partial charge < -0.3 is 19.0 Å². The standard InChI is InChI=1S/C26H23N5O5/c1-5-34-26(33)21-10-11-31(29-21)18-8-6-17(7-9-18)27-24(32)20-13-22(19-12-14(2)35-16(19)4)28-25-23(20)15(3)30-36-25/h6-13H,5H2,1-4H3,(H,27,32). The van der Waals surface area contributed by atoms with E-state index in [0.717, 1.165) is 17.0 Å². The summed E-state index contributed by atoms with van der Waals surface area (Å²) in [5, 5.41) is 11.7. The number of nitrogens with zero attached hydrogens (tertiary/aromatic N) is 4. The molecule has 36 heavy (non-hydrogen) atoms. The molecule has 0 radical (unpaired) electrons. The van der Waals surface area contributed by atoms with Crippen LogP contribution in [0.2, 0.25) is 0 Å². The minimum Gasteiger partial charge on any atom is -0.466 e. The molecule has 10 heteroatoms. The number of carbonyl (C=O) groups excluding carboxylic acids is 2. The topological polar surface area (TPSA) is 125 Å². The number of furan rings is 1. The average Bonchev–Trinajstić information content (AvgIpc) is 3.58. The fourth-order valence-corrected chi connectivity index (χ4v) is 3.97. The van der Waals surface area contributed by atoms with Gasteiger partial charge in [0.2, 0.25) is 0 Å². The van der Waals surface area contributed by atoms with Gasteiger partial charge in [0, 0.05) is 17.4 Å². The molecular formula is C26H23N5O5. The number of ether oxygens (including phenoxy) is 1. The number of rotatable bonds is 6. The Morgan fingerprint density at radius 3 is 2.56 bits per heavy atom.